The number of benzene rings is 1. The Morgan fingerprint density at radius 2 is 2.12 bits per heavy atom. The first-order valence-electron chi connectivity index (χ1n) is 5.58. The first kappa shape index (κ1) is 10.0. The number of fused-ring (bicyclic) bond motifs is 1. The molecular weight excluding hydrogens is 262 g/mol. The van der Waals surface area contributed by atoms with Gasteiger partial charge in [0.25, 0.3) is 0 Å². The number of aromatic nitrogens is 1. The zero-order valence-electron chi connectivity index (χ0n) is 8.91. The van der Waals surface area contributed by atoms with Crippen LogP contribution in [0.1, 0.15) is 24.8 Å². The largest absolute Gasteiger partial charge is 0.256 e. The summed E-state index contributed by atoms with van der Waals surface area (Å²) in [6, 6.07) is 8.52. The predicted octanol–water partition coefficient (Wildman–Crippen LogP) is 4.56. The second-order valence-electron chi connectivity index (χ2n) is 4.15. The molecule has 0 aliphatic heterocycles. The molecule has 1 aliphatic rings. The van der Waals surface area contributed by atoms with Crippen LogP contribution in [0.5, 0.6) is 0 Å². The van der Waals surface area contributed by atoms with Gasteiger partial charge in [-0.3, -0.25) is 4.98 Å². The van der Waals surface area contributed by atoms with Gasteiger partial charge in [-0.1, -0.05) is 28.1 Å². The molecule has 0 bridgehead atoms. The van der Waals surface area contributed by atoms with Crippen LogP contribution in [0, 0.1) is 0 Å². The Kier molecular flexibility index (Phi) is 2.52. The Bertz CT molecular complexity index is 572. The van der Waals surface area contributed by atoms with E-state index in [0.717, 1.165) is 9.99 Å². The first-order chi connectivity index (χ1) is 7.84. The predicted molar refractivity (Wildman–Crippen MR) is 71.3 cm³/mol. The first-order valence-corrected chi connectivity index (χ1v) is 6.37. The molecule has 3 rings (SSSR count). The fourth-order valence-corrected chi connectivity index (χ4v) is 2.68. The van der Waals surface area contributed by atoms with E-state index in [1.54, 1.807) is 0 Å². The van der Waals surface area contributed by atoms with Crippen molar-refractivity contribution in [1.29, 1.82) is 0 Å². The van der Waals surface area contributed by atoms with Crippen LogP contribution < -0.4 is 0 Å². The number of pyridine rings is 1. The number of nitrogens with zero attached hydrogens (tertiary/aromatic N) is 1. The zero-order chi connectivity index (χ0) is 11.0. The molecule has 1 nitrogen and oxygen atoms in total. The van der Waals surface area contributed by atoms with Crippen molar-refractivity contribution in [2.45, 2.75) is 19.3 Å². The molecule has 0 unspecified atom stereocenters. The van der Waals surface area contributed by atoms with Crippen molar-refractivity contribution in [2.24, 2.45) is 0 Å². The Hall–Kier alpha value is -1.15. The average molecular weight is 274 g/mol. The summed E-state index contributed by atoms with van der Waals surface area (Å²) >= 11 is 3.58. The average Bonchev–Trinajstić information content (AvgIpc) is 2.83. The van der Waals surface area contributed by atoms with Crippen LogP contribution in [0.25, 0.3) is 16.5 Å². The quantitative estimate of drug-likeness (QED) is 0.742. The van der Waals surface area contributed by atoms with E-state index < -0.39 is 0 Å². The van der Waals surface area contributed by atoms with Crippen LogP contribution in [0.2, 0.25) is 0 Å². The zero-order valence-corrected chi connectivity index (χ0v) is 10.5. The summed E-state index contributed by atoms with van der Waals surface area (Å²) in [6.07, 6.45) is 7.92. The Morgan fingerprint density at radius 3 is 2.94 bits per heavy atom. The third-order valence-electron chi connectivity index (χ3n) is 3.10. The molecule has 0 N–H and O–H groups in total. The van der Waals surface area contributed by atoms with E-state index in [9.17, 15) is 0 Å². The number of halogens is 1. The lowest BCUT2D eigenvalue weighted by Gasteiger charge is -2.05. The molecule has 0 amide bonds. The van der Waals surface area contributed by atoms with Gasteiger partial charge in [-0.05, 0) is 48.6 Å². The fourth-order valence-electron chi connectivity index (χ4n) is 2.25. The van der Waals surface area contributed by atoms with Gasteiger partial charge in [-0.25, -0.2) is 0 Å². The minimum absolute atomic E-state index is 1.05. The van der Waals surface area contributed by atoms with Gasteiger partial charge < -0.3 is 0 Å². The molecule has 1 aromatic heterocycles. The summed E-state index contributed by atoms with van der Waals surface area (Å²) in [4.78, 5) is 4.36. The highest BCUT2D eigenvalue weighted by atomic mass is 79.9. The van der Waals surface area contributed by atoms with E-state index >= 15 is 0 Å². The van der Waals surface area contributed by atoms with Gasteiger partial charge in [0, 0.05) is 16.1 Å². The maximum atomic E-state index is 4.36. The maximum absolute atomic E-state index is 4.36. The van der Waals surface area contributed by atoms with Crippen molar-refractivity contribution in [3.8, 4) is 0 Å². The Morgan fingerprint density at radius 1 is 1.19 bits per heavy atom. The van der Waals surface area contributed by atoms with E-state index in [-0.39, 0.29) is 0 Å². The smallest absolute Gasteiger partial charge is 0.0713 e. The molecule has 1 aliphatic carbocycles. The fraction of sp³-hybridized carbons (Fsp3) is 0.214. The van der Waals surface area contributed by atoms with Crippen LogP contribution in [-0.2, 0) is 0 Å². The maximum Gasteiger partial charge on any atom is 0.0713 e. The van der Waals surface area contributed by atoms with Gasteiger partial charge in [-0.15, -0.1) is 0 Å². The lowest BCUT2D eigenvalue weighted by atomic mass is 10.0. The van der Waals surface area contributed by atoms with Gasteiger partial charge in [-0.2, -0.15) is 0 Å². The van der Waals surface area contributed by atoms with Crippen molar-refractivity contribution < 1.29 is 0 Å². The van der Waals surface area contributed by atoms with E-state index in [2.05, 4.69) is 45.2 Å². The van der Waals surface area contributed by atoms with Crippen LogP contribution in [0.15, 0.2) is 41.0 Å². The summed E-state index contributed by atoms with van der Waals surface area (Å²) in [5.74, 6) is 0. The molecule has 0 saturated heterocycles. The lowest BCUT2D eigenvalue weighted by Crippen LogP contribution is -1.84. The van der Waals surface area contributed by atoms with Crippen molar-refractivity contribution in [3.05, 3.63) is 46.6 Å². The van der Waals surface area contributed by atoms with E-state index in [4.69, 9.17) is 0 Å². The van der Waals surface area contributed by atoms with Gasteiger partial charge in [0.2, 0.25) is 0 Å². The summed E-state index contributed by atoms with van der Waals surface area (Å²) < 4.78 is 1.12. The Labute approximate surface area is 103 Å². The minimum Gasteiger partial charge on any atom is -0.256 e. The van der Waals surface area contributed by atoms with Crippen molar-refractivity contribution >= 4 is 32.4 Å². The highest BCUT2D eigenvalue weighted by Crippen LogP contribution is 2.31. The third kappa shape index (κ3) is 1.67. The molecule has 2 heteroatoms. The molecule has 80 valence electrons. The molecular formula is C14H12BrN. The van der Waals surface area contributed by atoms with E-state index in [1.165, 1.54) is 35.8 Å². The SMILES string of the molecule is Brc1ccnc2ccc(C3=CCCC3)cc12. The molecule has 2 aromatic rings. The third-order valence-corrected chi connectivity index (χ3v) is 3.79. The number of allylic oxidation sites excluding steroid dienone is 2. The summed E-state index contributed by atoms with van der Waals surface area (Å²) in [5.41, 5.74) is 3.88. The van der Waals surface area contributed by atoms with E-state index in [1.807, 2.05) is 12.3 Å². The molecule has 1 aromatic carbocycles. The number of hydrogen-bond donors (Lipinski definition) is 0. The van der Waals surface area contributed by atoms with Crippen LogP contribution in [-0.4, -0.2) is 4.98 Å². The molecule has 0 spiro atoms. The molecule has 0 atom stereocenters. The number of hydrogen-bond acceptors (Lipinski definition) is 1. The van der Waals surface area contributed by atoms with Gasteiger partial charge >= 0.3 is 0 Å². The molecule has 0 fully saturated rings. The monoisotopic (exact) mass is 273 g/mol. The summed E-state index contributed by atoms with van der Waals surface area (Å²) in [7, 11) is 0. The topological polar surface area (TPSA) is 12.9 Å². The minimum atomic E-state index is 1.05. The van der Waals surface area contributed by atoms with Crippen LogP contribution in [0.4, 0.5) is 0 Å². The van der Waals surface area contributed by atoms with Crippen LogP contribution in [0.3, 0.4) is 0 Å². The summed E-state index contributed by atoms with van der Waals surface area (Å²) in [6.45, 7) is 0. The van der Waals surface area contributed by atoms with Crippen molar-refractivity contribution in [1.82, 2.24) is 4.98 Å². The molecule has 0 saturated carbocycles. The molecule has 0 radical (unpaired) electrons. The summed E-state index contributed by atoms with van der Waals surface area (Å²) in [5, 5.41) is 1.20. The highest BCUT2D eigenvalue weighted by molar-refractivity contribution is 9.10. The van der Waals surface area contributed by atoms with Crippen molar-refractivity contribution in [2.75, 3.05) is 0 Å². The van der Waals surface area contributed by atoms with Crippen molar-refractivity contribution in [3.63, 3.8) is 0 Å². The second kappa shape index (κ2) is 4.02. The molecule has 16 heavy (non-hydrogen) atoms. The Balaban J connectivity index is 2.18. The van der Waals surface area contributed by atoms with Gasteiger partial charge in [0.1, 0.15) is 0 Å². The van der Waals surface area contributed by atoms with Crippen LogP contribution >= 0.6 is 15.9 Å². The second-order valence-corrected chi connectivity index (χ2v) is 5.00. The lowest BCUT2D eigenvalue weighted by molar-refractivity contribution is 0.935. The normalized spacial score (nSPS) is 15.4. The molecule has 1 heterocycles. The highest BCUT2D eigenvalue weighted by Gasteiger charge is 2.08. The standard InChI is InChI=1S/C14H12BrN/c15-13-7-8-16-14-6-5-11(9-12(13)14)10-3-1-2-4-10/h3,5-9H,1-2,4H2. The number of rotatable bonds is 1. The van der Waals surface area contributed by atoms with Gasteiger partial charge in [0.15, 0.2) is 0 Å². The van der Waals surface area contributed by atoms with E-state index in [0.29, 0.717) is 0 Å². The van der Waals surface area contributed by atoms with Gasteiger partial charge in [0.05, 0.1) is 5.52 Å².